The summed E-state index contributed by atoms with van der Waals surface area (Å²) in [5.74, 6) is 0.764. The van der Waals surface area contributed by atoms with Gasteiger partial charge in [-0.1, -0.05) is 43.7 Å². The zero-order valence-corrected chi connectivity index (χ0v) is 11.3. The molecule has 0 unspecified atom stereocenters. The van der Waals surface area contributed by atoms with Crippen LogP contribution in [0.4, 0.5) is 0 Å². The highest BCUT2D eigenvalue weighted by Gasteiger charge is 2.14. The van der Waals surface area contributed by atoms with Gasteiger partial charge in [0.1, 0.15) is 5.78 Å². The summed E-state index contributed by atoms with van der Waals surface area (Å²) in [6, 6.07) is 8.39. The summed E-state index contributed by atoms with van der Waals surface area (Å²) < 4.78 is 0. The molecule has 0 aliphatic carbocycles. The van der Waals surface area contributed by atoms with E-state index in [-0.39, 0.29) is 11.8 Å². The van der Waals surface area contributed by atoms with Gasteiger partial charge in [-0.15, -0.1) is 0 Å². The van der Waals surface area contributed by atoms with Crippen LogP contribution in [0.25, 0.3) is 0 Å². The van der Waals surface area contributed by atoms with Crippen molar-refractivity contribution in [2.24, 2.45) is 5.92 Å². The molecule has 0 aliphatic heterocycles. The topological polar surface area (TPSA) is 29.1 Å². The standard InChI is InChI=1S/C15H23NO/c1-11(2)9-15(13(4)17)16-10-14-7-5-12(3)6-8-14/h5-8,11,15-16H,9-10H2,1-4H3/t15-/m1/s1. The highest BCUT2D eigenvalue weighted by atomic mass is 16.1. The van der Waals surface area contributed by atoms with Gasteiger partial charge in [-0.2, -0.15) is 0 Å². The number of carbonyl (C=O) groups is 1. The summed E-state index contributed by atoms with van der Waals surface area (Å²) in [5.41, 5.74) is 2.49. The van der Waals surface area contributed by atoms with Crippen molar-refractivity contribution in [1.82, 2.24) is 5.32 Å². The molecule has 0 aliphatic rings. The number of aryl methyl sites for hydroxylation is 1. The number of hydrogen-bond donors (Lipinski definition) is 1. The maximum Gasteiger partial charge on any atom is 0.146 e. The van der Waals surface area contributed by atoms with Crippen molar-refractivity contribution in [1.29, 1.82) is 0 Å². The Kier molecular flexibility index (Phi) is 5.36. The van der Waals surface area contributed by atoms with E-state index in [2.05, 4.69) is 50.4 Å². The Morgan fingerprint density at radius 1 is 1.24 bits per heavy atom. The second kappa shape index (κ2) is 6.55. The van der Waals surface area contributed by atoms with Crippen molar-refractivity contribution in [3.05, 3.63) is 35.4 Å². The molecule has 2 heteroatoms. The maximum absolute atomic E-state index is 11.5. The molecule has 94 valence electrons. The first-order valence-electron chi connectivity index (χ1n) is 6.28. The SMILES string of the molecule is CC(=O)[C@@H](CC(C)C)NCc1ccc(C)cc1. The largest absolute Gasteiger partial charge is 0.303 e. The molecule has 1 rings (SSSR count). The third-order valence-electron chi connectivity index (χ3n) is 2.87. The van der Waals surface area contributed by atoms with Gasteiger partial charge in [0.05, 0.1) is 6.04 Å². The van der Waals surface area contributed by atoms with E-state index >= 15 is 0 Å². The fraction of sp³-hybridized carbons (Fsp3) is 0.533. The van der Waals surface area contributed by atoms with Crippen LogP contribution in [-0.4, -0.2) is 11.8 Å². The van der Waals surface area contributed by atoms with Crippen LogP contribution in [0.1, 0.15) is 38.3 Å². The second-order valence-corrected chi connectivity index (χ2v) is 5.16. The zero-order valence-electron chi connectivity index (χ0n) is 11.3. The lowest BCUT2D eigenvalue weighted by atomic mass is 10.0. The van der Waals surface area contributed by atoms with Gasteiger partial charge in [0.25, 0.3) is 0 Å². The van der Waals surface area contributed by atoms with Crippen LogP contribution in [0.5, 0.6) is 0 Å². The molecule has 0 bridgehead atoms. The molecular formula is C15H23NO. The van der Waals surface area contributed by atoms with E-state index in [9.17, 15) is 4.79 Å². The summed E-state index contributed by atoms with van der Waals surface area (Å²) in [6.45, 7) is 8.79. The van der Waals surface area contributed by atoms with Crippen LogP contribution in [0.15, 0.2) is 24.3 Å². The maximum atomic E-state index is 11.5. The Morgan fingerprint density at radius 2 is 1.82 bits per heavy atom. The third-order valence-corrected chi connectivity index (χ3v) is 2.87. The molecule has 0 heterocycles. The number of benzene rings is 1. The molecule has 0 radical (unpaired) electrons. The summed E-state index contributed by atoms with van der Waals surface area (Å²) in [4.78, 5) is 11.5. The lowest BCUT2D eigenvalue weighted by molar-refractivity contribution is -0.119. The minimum Gasteiger partial charge on any atom is -0.303 e. The average Bonchev–Trinajstić information content (AvgIpc) is 2.25. The molecule has 0 amide bonds. The lowest BCUT2D eigenvalue weighted by Gasteiger charge is -2.18. The van der Waals surface area contributed by atoms with E-state index in [0.29, 0.717) is 5.92 Å². The van der Waals surface area contributed by atoms with Crippen molar-refractivity contribution in [3.8, 4) is 0 Å². The molecule has 1 aromatic rings. The molecule has 0 spiro atoms. The van der Waals surface area contributed by atoms with Gasteiger partial charge in [0.2, 0.25) is 0 Å². The summed E-state index contributed by atoms with van der Waals surface area (Å²) >= 11 is 0. The van der Waals surface area contributed by atoms with Gasteiger partial charge >= 0.3 is 0 Å². The number of carbonyl (C=O) groups excluding carboxylic acids is 1. The van der Waals surface area contributed by atoms with Gasteiger partial charge in [0, 0.05) is 6.54 Å². The fourth-order valence-corrected chi connectivity index (χ4v) is 1.81. The number of nitrogens with one attached hydrogen (secondary N) is 1. The van der Waals surface area contributed by atoms with Crippen LogP contribution in [-0.2, 0) is 11.3 Å². The summed E-state index contributed by atoms with van der Waals surface area (Å²) in [7, 11) is 0. The number of ketones is 1. The van der Waals surface area contributed by atoms with E-state index in [0.717, 1.165) is 13.0 Å². The summed E-state index contributed by atoms with van der Waals surface area (Å²) in [6.07, 6.45) is 0.904. The molecular weight excluding hydrogens is 210 g/mol. The first-order valence-corrected chi connectivity index (χ1v) is 6.28. The molecule has 0 saturated carbocycles. The minimum atomic E-state index is -0.0173. The quantitative estimate of drug-likeness (QED) is 0.818. The highest BCUT2D eigenvalue weighted by molar-refractivity contribution is 5.81. The molecule has 2 nitrogen and oxygen atoms in total. The van der Waals surface area contributed by atoms with Gasteiger partial charge in [-0.25, -0.2) is 0 Å². The van der Waals surface area contributed by atoms with Crippen LogP contribution >= 0.6 is 0 Å². The van der Waals surface area contributed by atoms with Crippen LogP contribution in [0, 0.1) is 12.8 Å². The molecule has 17 heavy (non-hydrogen) atoms. The van der Waals surface area contributed by atoms with E-state index in [1.165, 1.54) is 11.1 Å². The fourth-order valence-electron chi connectivity index (χ4n) is 1.81. The molecule has 1 aromatic carbocycles. The van der Waals surface area contributed by atoms with Crippen molar-refractivity contribution < 1.29 is 4.79 Å². The Balaban J connectivity index is 2.51. The average molecular weight is 233 g/mol. The van der Waals surface area contributed by atoms with E-state index in [4.69, 9.17) is 0 Å². The van der Waals surface area contributed by atoms with Gasteiger partial charge < -0.3 is 5.32 Å². The molecule has 1 atom stereocenters. The van der Waals surface area contributed by atoms with Gasteiger partial charge in [-0.05, 0) is 31.7 Å². The minimum absolute atomic E-state index is 0.0173. The smallest absolute Gasteiger partial charge is 0.146 e. The van der Waals surface area contributed by atoms with E-state index in [1.54, 1.807) is 6.92 Å². The Morgan fingerprint density at radius 3 is 2.29 bits per heavy atom. The second-order valence-electron chi connectivity index (χ2n) is 5.16. The normalized spacial score (nSPS) is 12.8. The first kappa shape index (κ1) is 13.9. The number of Topliss-reactive ketones (excluding diaryl/α,β-unsaturated/α-hetero) is 1. The predicted molar refractivity (Wildman–Crippen MR) is 71.9 cm³/mol. The Hall–Kier alpha value is -1.15. The third kappa shape index (κ3) is 5.14. The van der Waals surface area contributed by atoms with Crippen molar-refractivity contribution in [2.75, 3.05) is 0 Å². The molecule has 1 N–H and O–H groups in total. The Labute approximate surface area is 104 Å². The number of hydrogen-bond acceptors (Lipinski definition) is 2. The van der Waals surface area contributed by atoms with Gasteiger partial charge in [0.15, 0.2) is 0 Å². The van der Waals surface area contributed by atoms with Crippen molar-refractivity contribution in [2.45, 2.75) is 46.7 Å². The van der Waals surface area contributed by atoms with Crippen LogP contribution in [0.2, 0.25) is 0 Å². The van der Waals surface area contributed by atoms with Crippen molar-refractivity contribution in [3.63, 3.8) is 0 Å². The molecule has 0 fully saturated rings. The lowest BCUT2D eigenvalue weighted by Crippen LogP contribution is -2.36. The van der Waals surface area contributed by atoms with E-state index in [1.807, 2.05) is 0 Å². The monoisotopic (exact) mass is 233 g/mol. The van der Waals surface area contributed by atoms with Crippen molar-refractivity contribution >= 4 is 5.78 Å². The van der Waals surface area contributed by atoms with Gasteiger partial charge in [-0.3, -0.25) is 4.79 Å². The first-order chi connectivity index (χ1) is 7.99. The molecule has 0 aromatic heterocycles. The predicted octanol–water partition coefficient (Wildman–Crippen LogP) is 3.09. The molecule has 0 saturated heterocycles. The van der Waals surface area contributed by atoms with E-state index < -0.39 is 0 Å². The zero-order chi connectivity index (χ0) is 12.8. The van der Waals surface area contributed by atoms with Crippen LogP contribution in [0.3, 0.4) is 0 Å². The number of rotatable bonds is 6. The Bertz CT molecular complexity index is 354. The summed E-state index contributed by atoms with van der Waals surface area (Å²) in [5, 5.41) is 3.34. The highest BCUT2D eigenvalue weighted by Crippen LogP contribution is 2.08. The van der Waals surface area contributed by atoms with Crippen LogP contribution < -0.4 is 5.32 Å².